The van der Waals surface area contributed by atoms with Crippen molar-refractivity contribution in [1.29, 1.82) is 0 Å². The Bertz CT molecular complexity index is 1470. The molecule has 2 aromatic carbocycles. The lowest BCUT2D eigenvalue weighted by atomic mass is 10.1. The van der Waals surface area contributed by atoms with E-state index in [0.29, 0.717) is 30.2 Å². The van der Waals surface area contributed by atoms with E-state index in [-0.39, 0.29) is 24.8 Å². The van der Waals surface area contributed by atoms with Gasteiger partial charge in [0.05, 0.1) is 24.0 Å². The number of imidazole rings is 1. The molecule has 0 aliphatic carbocycles. The molecular formula is C29H30N6O4. The number of aromatic amines is 1. The highest BCUT2D eigenvalue weighted by molar-refractivity contribution is 5.96. The number of nitrogens with one attached hydrogen (secondary N) is 2. The third kappa shape index (κ3) is 6.06. The van der Waals surface area contributed by atoms with Crippen LogP contribution >= 0.6 is 0 Å². The van der Waals surface area contributed by atoms with Crippen molar-refractivity contribution in [2.45, 2.75) is 38.4 Å². The van der Waals surface area contributed by atoms with Gasteiger partial charge in [-0.15, -0.1) is 0 Å². The number of aryl methyl sites for hydroxylation is 1. The number of carbonyl (C=O) groups excluding carboxylic acids is 2. The van der Waals surface area contributed by atoms with Crippen molar-refractivity contribution in [1.82, 2.24) is 24.8 Å². The third-order valence-electron chi connectivity index (χ3n) is 6.85. The first-order valence-electron chi connectivity index (χ1n) is 12.9. The molecule has 0 unspecified atom stereocenters. The van der Waals surface area contributed by atoms with Crippen LogP contribution in [0.3, 0.4) is 0 Å². The van der Waals surface area contributed by atoms with Crippen LogP contribution in [0, 0.1) is 0 Å². The Morgan fingerprint density at radius 1 is 1.13 bits per heavy atom. The number of pyridine rings is 1. The largest absolute Gasteiger partial charge is 0.481 e. The average molecular weight is 527 g/mol. The van der Waals surface area contributed by atoms with E-state index in [1.165, 1.54) is 4.90 Å². The summed E-state index contributed by atoms with van der Waals surface area (Å²) >= 11 is 0. The molecule has 4 aromatic rings. The summed E-state index contributed by atoms with van der Waals surface area (Å²) in [4.78, 5) is 53.1. The Hall–Kier alpha value is -4.73. The fraction of sp³-hybridized carbons (Fsp3) is 0.276. The zero-order valence-electron chi connectivity index (χ0n) is 21.6. The van der Waals surface area contributed by atoms with E-state index >= 15 is 0 Å². The molecule has 0 fully saturated rings. The van der Waals surface area contributed by atoms with E-state index in [0.717, 1.165) is 35.0 Å². The number of fused-ring (bicyclic) bond motifs is 2. The number of para-hydroxylation sites is 2. The fourth-order valence-electron chi connectivity index (χ4n) is 4.88. The molecule has 0 saturated heterocycles. The number of rotatable bonds is 9. The molecule has 1 aliphatic rings. The van der Waals surface area contributed by atoms with Crippen molar-refractivity contribution in [3.63, 3.8) is 0 Å². The topological polar surface area (TPSA) is 132 Å². The van der Waals surface area contributed by atoms with Gasteiger partial charge >= 0.3 is 5.97 Å². The van der Waals surface area contributed by atoms with Gasteiger partial charge < -0.3 is 25.2 Å². The van der Waals surface area contributed by atoms with Gasteiger partial charge in [-0.3, -0.25) is 19.4 Å². The second-order valence-electron chi connectivity index (χ2n) is 9.75. The van der Waals surface area contributed by atoms with Gasteiger partial charge in [-0.1, -0.05) is 12.1 Å². The van der Waals surface area contributed by atoms with Crippen LogP contribution in [-0.2, 0) is 29.1 Å². The van der Waals surface area contributed by atoms with Gasteiger partial charge in [-0.2, -0.15) is 0 Å². The number of nitrogens with zero attached hydrogens (tertiary/aromatic N) is 4. The van der Waals surface area contributed by atoms with E-state index in [4.69, 9.17) is 0 Å². The van der Waals surface area contributed by atoms with Crippen LogP contribution in [-0.4, -0.2) is 67.3 Å². The first kappa shape index (κ1) is 25.9. The molecule has 3 N–H and O–H groups in total. The minimum absolute atomic E-state index is 0.145. The SMILES string of the molecule is CN1Cc2cc(C(=O)N(CCCc3ccncc3)Cc3nc4ccccc4[nH]3)ccc2N[C@@H](CC(=O)O)C1=O. The standard InChI is InChI=1S/C29H30N6O4/c1-34-17-21-15-20(8-9-22(21)31-25(29(34)39)16-27(36)37)28(38)35(14-4-5-19-10-12-30-13-11-19)18-26-32-23-6-2-3-7-24(23)33-26/h2-3,6-13,15,25,31H,4-5,14,16-18H2,1H3,(H,32,33)(H,36,37)/t25-/m0/s1. The molecule has 2 aromatic heterocycles. The highest BCUT2D eigenvalue weighted by Crippen LogP contribution is 2.26. The van der Waals surface area contributed by atoms with Gasteiger partial charge in [0, 0.05) is 43.8 Å². The van der Waals surface area contributed by atoms with Crippen molar-refractivity contribution < 1.29 is 19.5 Å². The lowest BCUT2D eigenvalue weighted by Crippen LogP contribution is -2.39. The summed E-state index contributed by atoms with van der Waals surface area (Å²) in [5.74, 6) is -0.804. The molecule has 0 spiro atoms. The summed E-state index contributed by atoms with van der Waals surface area (Å²) in [5.41, 5.74) is 4.81. The molecule has 0 saturated carbocycles. The van der Waals surface area contributed by atoms with Gasteiger partial charge in [-0.05, 0) is 66.4 Å². The van der Waals surface area contributed by atoms with Crippen molar-refractivity contribution in [2.24, 2.45) is 0 Å². The van der Waals surface area contributed by atoms with Gasteiger partial charge in [0.25, 0.3) is 5.91 Å². The number of benzene rings is 2. The Kier molecular flexibility index (Phi) is 7.53. The van der Waals surface area contributed by atoms with Crippen LogP contribution in [0.25, 0.3) is 11.0 Å². The van der Waals surface area contributed by atoms with Crippen molar-refractivity contribution in [3.05, 3.63) is 89.5 Å². The van der Waals surface area contributed by atoms with E-state index in [9.17, 15) is 19.5 Å². The second kappa shape index (κ2) is 11.3. The summed E-state index contributed by atoms with van der Waals surface area (Å²) < 4.78 is 0. The highest BCUT2D eigenvalue weighted by Gasteiger charge is 2.29. The van der Waals surface area contributed by atoms with Crippen LogP contribution in [0.4, 0.5) is 5.69 Å². The summed E-state index contributed by atoms with van der Waals surface area (Å²) in [6.07, 6.45) is 4.76. The van der Waals surface area contributed by atoms with Crippen molar-refractivity contribution in [3.8, 4) is 0 Å². The smallest absolute Gasteiger partial charge is 0.305 e. The normalized spacial score (nSPS) is 14.9. The Morgan fingerprint density at radius 2 is 1.92 bits per heavy atom. The lowest BCUT2D eigenvalue weighted by molar-refractivity contribution is -0.141. The first-order valence-corrected chi connectivity index (χ1v) is 12.9. The molecule has 2 amide bonds. The Labute approximate surface area is 225 Å². The summed E-state index contributed by atoms with van der Waals surface area (Å²) in [5, 5.41) is 12.3. The number of carboxylic acids is 1. The van der Waals surface area contributed by atoms with Crippen molar-refractivity contribution in [2.75, 3.05) is 18.9 Å². The zero-order chi connectivity index (χ0) is 27.4. The number of hydrogen-bond acceptors (Lipinski definition) is 6. The molecule has 200 valence electrons. The predicted octanol–water partition coefficient (Wildman–Crippen LogP) is 3.46. The zero-order valence-corrected chi connectivity index (χ0v) is 21.6. The molecule has 3 heterocycles. The number of anilines is 1. The van der Waals surface area contributed by atoms with E-state index in [2.05, 4.69) is 20.3 Å². The molecule has 1 atom stereocenters. The maximum atomic E-state index is 13.8. The second-order valence-corrected chi connectivity index (χ2v) is 9.75. The maximum Gasteiger partial charge on any atom is 0.305 e. The van der Waals surface area contributed by atoms with Crippen LogP contribution < -0.4 is 5.32 Å². The number of aromatic nitrogens is 3. The maximum absolute atomic E-state index is 13.8. The van der Waals surface area contributed by atoms with Gasteiger partial charge in [0.15, 0.2) is 0 Å². The molecule has 10 heteroatoms. The van der Waals surface area contributed by atoms with Gasteiger partial charge in [-0.25, -0.2) is 4.98 Å². The highest BCUT2D eigenvalue weighted by atomic mass is 16.4. The average Bonchev–Trinajstić information content (AvgIpc) is 3.30. The predicted molar refractivity (Wildman–Crippen MR) is 146 cm³/mol. The monoisotopic (exact) mass is 526 g/mol. The quantitative estimate of drug-likeness (QED) is 0.304. The van der Waals surface area contributed by atoms with Crippen LogP contribution in [0.5, 0.6) is 0 Å². The number of aliphatic carboxylic acids is 1. The molecule has 0 radical (unpaired) electrons. The third-order valence-corrected chi connectivity index (χ3v) is 6.85. The van der Waals surface area contributed by atoms with Gasteiger partial charge in [0.1, 0.15) is 11.9 Å². The molecule has 5 rings (SSSR count). The molecule has 0 bridgehead atoms. The van der Waals surface area contributed by atoms with Gasteiger partial charge in [0.2, 0.25) is 5.91 Å². The van der Waals surface area contributed by atoms with Crippen LogP contribution in [0.1, 0.15) is 40.2 Å². The number of likely N-dealkylation sites (N-methyl/N-ethyl adjacent to an activating group) is 1. The number of H-pyrrole nitrogens is 1. The van der Waals surface area contributed by atoms with Crippen molar-refractivity contribution >= 4 is 34.5 Å². The first-order chi connectivity index (χ1) is 18.9. The van der Waals surface area contributed by atoms with Crippen LogP contribution in [0.15, 0.2) is 67.0 Å². The summed E-state index contributed by atoms with van der Waals surface area (Å²) in [6, 6.07) is 16.1. The molecule has 10 nitrogen and oxygen atoms in total. The number of hydrogen-bond donors (Lipinski definition) is 3. The Balaban J connectivity index is 1.39. The molecule has 1 aliphatic heterocycles. The number of amides is 2. The van der Waals surface area contributed by atoms with E-state index in [1.807, 2.05) is 36.4 Å². The summed E-state index contributed by atoms with van der Waals surface area (Å²) in [6.45, 7) is 1.11. The minimum atomic E-state index is -1.06. The van der Waals surface area contributed by atoms with E-state index < -0.39 is 12.0 Å². The number of carbonyl (C=O) groups is 3. The van der Waals surface area contributed by atoms with Crippen LogP contribution in [0.2, 0.25) is 0 Å². The van der Waals surface area contributed by atoms with E-state index in [1.54, 1.807) is 42.5 Å². The molecular weight excluding hydrogens is 496 g/mol. The minimum Gasteiger partial charge on any atom is -0.481 e. The fourth-order valence-corrected chi connectivity index (χ4v) is 4.88. The Morgan fingerprint density at radius 3 is 2.69 bits per heavy atom. The molecule has 39 heavy (non-hydrogen) atoms. The number of carboxylic acid groups (broad SMARTS) is 1. The summed E-state index contributed by atoms with van der Waals surface area (Å²) in [7, 11) is 1.63. The lowest BCUT2D eigenvalue weighted by Gasteiger charge is -2.23.